The van der Waals surface area contributed by atoms with Crippen molar-refractivity contribution in [3.63, 3.8) is 0 Å². The molecule has 7 nitrogen and oxygen atoms in total. The van der Waals surface area contributed by atoms with Crippen LogP contribution in [0.15, 0.2) is 74.5 Å². The number of rotatable bonds is 4. The summed E-state index contributed by atoms with van der Waals surface area (Å²) in [5.41, 5.74) is 2.66. The Hall–Kier alpha value is -3.52. The molecule has 0 unspecified atom stereocenters. The predicted octanol–water partition coefficient (Wildman–Crippen LogP) is 4.99. The summed E-state index contributed by atoms with van der Waals surface area (Å²) in [5.74, 6) is 0.0883. The molecule has 1 heterocycles. The lowest BCUT2D eigenvalue weighted by atomic mass is 10.2. The van der Waals surface area contributed by atoms with Gasteiger partial charge >= 0.3 is 0 Å². The number of nitro groups is 1. The van der Waals surface area contributed by atoms with Gasteiger partial charge in [-0.25, -0.2) is 4.98 Å². The summed E-state index contributed by atoms with van der Waals surface area (Å²) in [4.78, 5) is 19.2. The van der Waals surface area contributed by atoms with Gasteiger partial charge in [0.05, 0.1) is 10.6 Å². The van der Waals surface area contributed by atoms with E-state index in [0.717, 1.165) is 11.1 Å². The SMILES string of the molecule is O=[N+]([O-])c1cc(Br)c([O-])c(C=Nc2cccc(-c3nc4ccccc4o3)c2)c1. The molecule has 0 fully saturated rings. The van der Waals surface area contributed by atoms with Crippen LogP contribution in [0.4, 0.5) is 11.4 Å². The first kappa shape index (κ1) is 17.9. The van der Waals surface area contributed by atoms with Gasteiger partial charge in [-0.3, -0.25) is 15.1 Å². The summed E-state index contributed by atoms with van der Waals surface area (Å²) in [6, 6.07) is 17.0. The van der Waals surface area contributed by atoms with Crippen molar-refractivity contribution >= 4 is 44.6 Å². The van der Waals surface area contributed by atoms with E-state index in [1.54, 1.807) is 18.2 Å². The summed E-state index contributed by atoms with van der Waals surface area (Å²) < 4.78 is 5.87. The van der Waals surface area contributed by atoms with Crippen LogP contribution in [0.5, 0.6) is 5.75 Å². The Bertz CT molecular complexity index is 1200. The van der Waals surface area contributed by atoms with Crippen molar-refractivity contribution in [1.29, 1.82) is 0 Å². The van der Waals surface area contributed by atoms with Crippen molar-refractivity contribution in [1.82, 2.24) is 4.98 Å². The number of halogens is 1. The lowest BCUT2D eigenvalue weighted by molar-refractivity contribution is -0.385. The summed E-state index contributed by atoms with van der Waals surface area (Å²) in [6.07, 6.45) is 1.31. The monoisotopic (exact) mass is 436 g/mol. The highest BCUT2D eigenvalue weighted by Gasteiger charge is 2.10. The molecule has 4 aromatic rings. The molecule has 0 amide bonds. The highest BCUT2D eigenvalue weighted by atomic mass is 79.9. The fourth-order valence-corrected chi connectivity index (χ4v) is 3.12. The zero-order valence-corrected chi connectivity index (χ0v) is 15.8. The maximum absolute atomic E-state index is 12.2. The molecule has 138 valence electrons. The van der Waals surface area contributed by atoms with Gasteiger partial charge < -0.3 is 9.52 Å². The van der Waals surface area contributed by atoms with Crippen LogP contribution in [-0.4, -0.2) is 16.1 Å². The van der Waals surface area contributed by atoms with E-state index < -0.39 is 4.92 Å². The smallest absolute Gasteiger partial charge is 0.271 e. The number of aliphatic imine (C=N–C) groups is 1. The van der Waals surface area contributed by atoms with Gasteiger partial charge in [0, 0.05) is 28.4 Å². The maximum atomic E-state index is 12.2. The van der Waals surface area contributed by atoms with Crippen molar-refractivity contribution in [2.75, 3.05) is 0 Å². The third kappa shape index (κ3) is 3.49. The molecule has 8 heteroatoms. The molecule has 4 rings (SSSR count). The molecule has 0 spiro atoms. The Morgan fingerprint density at radius 2 is 1.93 bits per heavy atom. The average molecular weight is 437 g/mol. The highest BCUT2D eigenvalue weighted by Crippen LogP contribution is 2.31. The molecular weight excluding hydrogens is 426 g/mol. The molecule has 0 radical (unpaired) electrons. The second kappa shape index (κ2) is 7.24. The highest BCUT2D eigenvalue weighted by molar-refractivity contribution is 9.10. The van der Waals surface area contributed by atoms with Crippen LogP contribution in [0, 0.1) is 10.1 Å². The second-order valence-corrected chi connectivity index (χ2v) is 6.75. The fraction of sp³-hybridized carbons (Fsp3) is 0. The van der Waals surface area contributed by atoms with Gasteiger partial charge in [-0.1, -0.05) is 39.9 Å². The van der Waals surface area contributed by atoms with E-state index in [0.29, 0.717) is 17.2 Å². The summed E-state index contributed by atoms with van der Waals surface area (Å²) in [6.45, 7) is 0. The van der Waals surface area contributed by atoms with E-state index >= 15 is 0 Å². The molecule has 1 aromatic heterocycles. The lowest BCUT2D eigenvalue weighted by Crippen LogP contribution is -1.99. The molecule has 0 aliphatic heterocycles. The minimum absolute atomic E-state index is 0.114. The molecule has 0 saturated carbocycles. The molecule has 0 saturated heterocycles. The van der Waals surface area contributed by atoms with Gasteiger partial charge in [0.15, 0.2) is 5.58 Å². The number of benzene rings is 3. The molecule has 0 N–H and O–H groups in total. The number of para-hydroxylation sites is 2. The predicted molar refractivity (Wildman–Crippen MR) is 107 cm³/mol. The molecule has 0 atom stereocenters. The minimum Gasteiger partial charge on any atom is -0.871 e. The van der Waals surface area contributed by atoms with E-state index in [1.807, 2.05) is 30.3 Å². The van der Waals surface area contributed by atoms with Crippen LogP contribution in [0.2, 0.25) is 0 Å². The van der Waals surface area contributed by atoms with Crippen molar-refractivity contribution in [2.45, 2.75) is 0 Å². The van der Waals surface area contributed by atoms with Crippen molar-refractivity contribution < 1.29 is 14.4 Å². The Morgan fingerprint density at radius 1 is 1.11 bits per heavy atom. The van der Waals surface area contributed by atoms with E-state index in [9.17, 15) is 15.2 Å². The summed E-state index contributed by atoms with van der Waals surface area (Å²) >= 11 is 3.05. The Balaban J connectivity index is 1.68. The van der Waals surface area contributed by atoms with E-state index in [-0.39, 0.29) is 21.5 Å². The number of hydrogen-bond donors (Lipinski definition) is 0. The average Bonchev–Trinajstić information content (AvgIpc) is 3.13. The van der Waals surface area contributed by atoms with E-state index in [1.165, 1.54) is 18.3 Å². The summed E-state index contributed by atoms with van der Waals surface area (Å²) in [5, 5.41) is 23.2. The zero-order valence-electron chi connectivity index (χ0n) is 14.2. The molecule has 0 bridgehead atoms. The lowest BCUT2D eigenvalue weighted by Gasteiger charge is -2.12. The molecule has 3 aromatic carbocycles. The number of non-ortho nitro benzene ring substituents is 1. The molecule has 0 aliphatic rings. The number of nitro benzene ring substituents is 1. The quantitative estimate of drug-likeness (QED) is 0.254. The van der Waals surface area contributed by atoms with Gasteiger partial charge in [0.1, 0.15) is 5.52 Å². The number of aromatic nitrogens is 1. The molecule has 28 heavy (non-hydrogen) atoms. The Morgan fingerprint density at radius 3 is 2.71 bits per heavy atom. The Kier molecular flexibility index (Phi) is 4.62. The van der Waals surface area contributed by atoms with Crippen molar-refractivity contribution in [3.05, 3.63) is 80.8 Å². The van der Waals surface area contributed by atoms with E-state index in [2.05, 4.69) is 25.9 Å². The number of nitrogens with zero attached hydrogens (tertiary/aromatic N) is 3. The van der Waals surface area contributed by atoms with Crippen LogP contribution in [0.1, 0.15) is 5.56 Å². The largest absolute Gasteiger partial charge is 0.871 e. The first-order chi connectivity index (χ1) is 13.5. The number of oxazole rings is 1. The van der Waals surface area contributed by atoms with Crippen LogP contribution in [0.25, 0.3) is 22.6 Å². The standard InChI is InChI=1S/C20H12BrN3O4/c21-16-10-15(24(26)27)9-13(19(16)25)11-22-14-5-3-4-12(8-14)20-23-17-6-1-2-7-18(17)28-20/h1-11,25H/p-1. The number of fused-ring (bicyclic) bond motifs is 1. The topological polar surface area (TPSA) is 105 Å². The van der Waals surface area contributed by atoms with Crippen molar-refractivity contribution in [3.8, 4) is 17.2 Å². The van der Waals surface area contributed by atoms with Gasteiger partial charge in [-0.05, 0) is 35.9 Å². The van der Waals surface area contributed by atoms with Gasteiger partial charge in [0.25, 0.3) is 5.69 Å². The van der Waals surface area contributed by atoms with Crippen LogP contribution >= 0.6 is 15.9 Å². The zero-order chi connectivity index (χ0) is 19.7. The van der Waals surface area contributed by atoms with Gasteiger partial charge in [0.2, 0.25) is 5.89 Å². The number of hydrogen-bond acceptors (Lipinski definition) is 6. The first-order valence-corrected chi connectivity index (χ1v) is 8.95. The Labute approximate surface area is 167 Å². The van der Waals surface area contributed by atoms with Gasteiger partial charge in [-0.2, -0.15) is 0 Å². The third-order valence-electron chi connectivity index (χ3n) is 4.01. The van der Waals surface area contributed by atoms with Crippen LogP contribution in [-0.2, 0) is 0 Å². The summed E-state index contributed by atoms with van der Waals surface area (Å²) in [7, 11) is 0. The van der Waals surface area contributed by atoms with Gasteiger partial charge in [-0.15, -0.1) is 0 Å². The fourth-order valence-electron chi connectivity index (χ4n) is 2.66. The van der Waals surface area contributed by atoms with Crippen LogP contribution < -0.4 is 5.11 Å². The molecule has 0 aliphatic carbocycles. The van der Waals surface area contributed by atoms with Crippen LogP contribution in [0.3, 0.4) is 0 Å². The third-order valence-corrected chi connectivity index (χ3v) is 4.60. The van der Waals surface area contributed by atoms with Crippen molar-refractivity contribution in [2.24, 2.45) is 4.99 Å². The minimum atomic E-state index is -0.560. The second-order valence-electron chi connectivity index (χ2n) is 5.90. The normalized spacial score (nSPS) is 11.3. The maximum Gasteiger partial charge on any atom is 0.271 e. The van der Waals surface area contributed by atoms with E-state index in [4.69, 9.17) is 4.42 Å². The molecular formula is C20H11BrN3O4-. The first-order valence-electron chi connectivity index (χ1n) is 8.16.